The first kappa shape index (κ1) is 15.9. The molecule has 0 bridgehead atoms. The summed E-state index contributed by atoms with van der Waals surface area (Å²) < 4.78 is 39.9. The molecule has 0 heterocycles. The second-order valence-corrected chi connectivity index (χ2v) is 3.91. The van der Waals surface area contributed by atoms with Gasteiger partial charge in [0.15, 0.2) is 5.75 Å². The number of ether oxygens (including phenoxy) is 1. The molecule has 3 N–H and O–H groups in total. The first-order valence-electron chi connectivity index (χ1n) is 5.88. The zero-order chi connectivity index (χ0) is 15.2. The molecule has 0 aliphatic heterocycles. The lowest BCUT2D eigenvalue weighted by Crippen LogP contribution is -2.24. The van der Waals surface area contributed by atoms with Gasteiger partial charge in [-0.1, -0.05) is 12.2 Å². The molecule has 1 rings (SSSR count). The van der Waals surface area contributed by atoms with Crippen LogP contribution >= 0.6 is 0 Å². The van der Waals surface area contributed by atoms with Gasteiger partial charge < -0.3 is 15.8 Å². The van der Waals surface area contributed by atoms with Crippen molar-refractivity contribution in [3.8, 4) is 5.75 Å². The number of rotatable bonds is 5. The van der Waals surface area contributed by atoms with Crippen LogP contribution in [0.2, 0.25) is 0 Å². The Hall–Kier alpha value is -2.18. The SMILES string of the molecule is C/C=C/CCNC(=O)c1ccc(OC(F)(F)F)c(N)c1. The molecule has 1 amide bonds. The third-order valence-electron chi connectivity index (χ3n) is 2.33. The van der Waals surface area contributed by atoms with E-state index in [0.29, 0.717) is 13.0 Å². The monoisotopic (exact) mass is 288 g/mol. The fraction of sp³-hybridized carbons (Fsp3) is 0.308. The zero-order valence-corrected chi connectivity index (χ0v) is 10.8. The molecule has 0 fully saturated rings. The molecule has 1 aromatic carbocycles. The molecule has 20 heavy (non-hydrogen) atoms. The van der Waals surface area contributed by atoms with Gasteiger partial charge in [0.2, 0.25) is 0 Å². The van der Waals surface area contributed by atoms with Crippen LogP contribution in [-0.4, -0.2) is 18.8 Å². The van der Waals surface area contributed by atoms with Crippen LogP contribution in [0, 0.1) is 0 Å². The van der Waals surface area contributed by atoms with E-state index in [2.05, 4.69) is 10.1 Å². The molecule has 0 aliphatic carbocycles. The number of nitrogens with two attached hydrogens (primary N) is 1. The van der Waals surface area contributed by atoms with Crippen molar-refractivity contribution in [3.05, 3.63) is 35.9 Å². The minimum Gasteiger partial charge on any atom is -0.404 e. The van der Waals surface area contributed by atoms with E-state index in [0.717, 1.165) is 12.1 Å². The molecule has 0 radical (unpaired) electrons. The van der Waals surface area contributed by atoms with Crippen LogP contribution < -0.4 is 15.8 Å². The van der Waals surface area contributed by atoms with Crippen LogP contribution in [0.15, 0.2) is 30.4 Å². The maximum Gasteiger partial charge on any atom is 0.573 e. The highest BCUT2D eigenvalue weighted by Gasteiger charge is 2.32. The van der Waals surface area contributed by atoms with E-state index in [-0.39, 0.29) is 11.3 Å². The Morgan fingerprint density at radius 1 is 1.45 bits per heavy atom. The van der Waals surface area contributed by atoms with Crippen LogP contribution in [0.25, 0.3) is 0 Å². The van der Waals surface area contributed by atoms with Gasteiger partial charge in [0.05, 0.1) is 5.69 Å². The summed E-state index contributed by atoms with van der Waals surface area (Å²) >= 11 is 0. The molecule has 0 aliphatic rings. The normalized spacial score (nSPS) is 11.6. The van der Waals surface area contributed by atoms with Crippen molar-refractivity contribution in [2.24, 2.45) is 0 Å². The van der Waals surface area contributed by atoms with Gasteiger partial charge in [0.1, 0.15) is 0 Å². The van der Waals surface area contributed by atoms with Gasteiger partial charge in [-0.25, -0.2) is 0 Å². The van der Waals surface area contributed by atoms with Crippen molar-refractivity contribution in [3.63, 3.8) is 0 Å². The molecule has 4 nitrogen and oxygen atoms in total. The predicted molar refractivity (Wildman–Crippen MR) is 69.3 cm³/mol. The van der Waals surface area contributed by atoms with Gasteiger partial charge in [-0.05, 0) is 31.5 Å². The topological polar surface area (TPSA) is 64.3 Å². The van der Waals surface area contributed by atoms with Crippen LogP contribution in [0.3, 0.4) is 0 Å². The van der Waals surface area contributed by atoms with E-state index in [4.69, 9.17) is 5.73 Å². The molecule has 0 aromatic heterocycles. The van der Waals surface area contributed by atoms with Crippen molar-refractivity contribution in [2.75, 3.05) is 12.3 Å². The van der Waals surface area contributed by atoms with Crippen molar-refractivity contribution >= 4 is 11.6 Å². The maximum atomic E-state index is 12.1. The Morgan fingerprint density at radius 2 is 2.15 bits per heavy atom. The summed E-state index contributed by atoms with van der Waals surface area (Å²) in [6.07, 6.45) is -0.403. The Morgan fingerprint density at radius 3 is 2.70 bits per heavy atom. The number of benzene rings is 1. The number of carbonyl (C=O) groups is 1. The van der Waals surface area contributed by atoms with E-state index in [1.807, 2.05) is 19.1 Å². The predicted octanol–water partition coefficient (Wildman–Crippen LogP) is 2.86. The number of nitrogen functional groups attached to an aromatic ring is 1. The highest BCUT2D eigenvalue weighted by Crippen LogP contribution is 2.28. The largest absolute Gasteiger partial charge is 0.573 e. The molecule has 1 aromatic rings. The molecular formula is C13H15F3N2O2. The number of allylic oxidation sites excluding steroid dienone is 1. The van der Waals surface area contributed by atoms with Gasteiger partial charge >= 0.3 is 6.36 Å². The number of halogens is 3. The van der Waals surface area contributed by atoms with E-state index in [1.54, 1.807) is 0 Å². The summed E-state index contributed by atoms with van der Waals surface area (Å²) in [5.41, 5.74) is 5.36. The third-order valence-corrected chi connectivity index (χ3v) is 2.33. The number of hydrogen-bond acceptors (Lipinski definition) is 3. The van der Waals surface area contributed by atoms with Gasteiger partial charge in [0, 0.05) is 12.1 Å². The molecule has 0 spiro atoms. The minimum atomic E-state index is -4.82. The van der Waals surface area contributed by atoms with Gasteiger partial charge in [-0.2, -0.15) is 0 Å². The van der Waals surface area contributed by atoms with E-state index < -0.39 is 18.0 Å². The van der Waals surface area contributed by atoms with E-state index in [9.17, 15) is 18.0 Å². The summed E-state index contributed by atoms with van der Waals surface area (Å²) in [4.78, 5) is 11.7. The number of anilines is 1. The van der Waals surface area contributed by atoms with Crippen molar-refractivity contribution in [1.29, 1.82) is 0 Å². The summed E-state index contributed by atoms with van der Waals surface area (Å²) in [5.74, 6) is -0.928. The first-order chi connectivity index (χ1) is 9.33. The number of carbonyl (C=O) groups excluding carboxylic acids is 1. The van der Waals surface area contributed by atoms with Crippen LogP contribution in [0.5, 0.6) is 5.75 Å². The van der Waals surface area contributed by atoms with Crippen molar-refractivity contribution in [1.82, 2.24) is 5.32 Å². The van der Waals surface area contributed by atoms with Crippen molar-refractivity contribution in [2.45, 2.75) is 19.7 Å². The average molecular weight is 288 g/mol. The summed E-state index contributed by atoms with van der Waals surface area (Å²) in [6, 6.07) is 3.39. The minimum absolute atomic E-state index is 0.178. The van der Waals surface area contributed by atoms with Crippen LogP contribution in [-0.2, 0) is 0 Å². The molecule has 7 heteroatoms. The lowest BCUT2D eigenvalue weighted by atomic mass is 10.1. The first-order valence-corrected chi connectivity index (χ1v) is 5.88. The molecular weight excluding hydrogens is 273 g/mol. The molecule has 0 atom stereocenters. The lowest BCUT2D eigenvalue weighted by Gasteiger charge is -2.12. The fourth-order valence-electron chi connectivity index (χ4n) is 1.45. The Balaban J connectivity index is 2.69. The average Bonchev–Trinajstić information content (AvgIpc) is 2.35. The number of hydrogen-bond donors (Lipinski definition) is 2. The maximum absolute atomic E-state index is 12.1. The van der Waals surface area contributed by atoms with E-state index in [1.165, 1.54) is 6.07 Å². The number of nitrogens with one attached hydrogen (secondary N) is 1. The molecule has 0 unspecified atom stereocenters. The quantitative estimate of drug-likeness (QED) is 0.497. The fourth-order valence-corrected chi connectivity index (χ4v) is 1.45. The van der Waals surface area contributed by atoms with Gasteiger partial charge in [-0.3, -0.25) is 4.79 Å². The van der Waals surface area contributed by atoms with Gasteiger partial charge in [-0.15, -0.1) is 13.2 Å². The molecule has 0 saturated heterocycles. The zero-order valence-electron chi connectivity index (χ0n) is 10.8. The van der Waals surface area contributed by atoms with Crippen LogP contribution in [0.4, 0.5) is 18.9 Å². The second kappa shape index (κ2) is 6.83. The highest BCUT2D eigenvalue weighted by atomic mass is 19.4. The van der Waals surface area contributed by atoms with Crippen LogP contribution in [0.1, 0.15) is 23.7 Å². The number of amides is 1. The molecule has 0 saturated carbocycles. The van der Waals surface area contributed by atoms with Crippen molar-refractivity contribution < 1.29 is 22.7 Å². The summed E-state index contributed by atoms with van der Waals surface area (Å²) in [5, 5.41) is 2.62. The lowest BCUT2D eigenvalue weighted by molar-refractivity contribution is -0.274. The summed E-state index contributed by atoms with van der Waals surface area (Å²) in [6.45, 7) is 2.30. The Labute approximate surface area is 114 Å². The Kier molecular flexibility index (Phi) is 5.42. The summed E-state index contributed by atoms with van der Waals surface area (Å²) in [7, 11) is 0. The second-order valence-electron chi connectivity index (χ2n) is 3.91. The Bertz CT molecular complexity index is 499. The number of alkyl halides is 3. The van der Waals surface area contributed by atoms with E-state index >= 15 is 0 Å². The highest BCUT2D eigenvalue weighted by molar-refractivity contribution is 5.95. The van der Waals surface area contributed by atoms with Gasteiger partial charge in [0.25, 0.3) is 5.91 Å². The smallest absolute Gasteiger partial charge is 0.404 e. The standard InChI is InChI=1S/C13H15F3N2O2/c1-2-3-4-7-18-12(19)9-5-6-11(10(17)8-9)20-13(14,15)16/h2-3,5-6,8H,4,7,17H2,1H3,(H,18,19)/b3-2+. The third kappa shape index (κ3) is 5.21. The molecule has 110 valence electrons.